The summed E-state index contributed by atoms with van der Waals surface area (Å²) in [7, 11) is 4.99. The van der Waals surface area contributed by atoms with Gasteiger partial charge in [0, 0.05) is 88.0 Å². The van der Waals surface area contributed by atoms with E-state index in [2.05, 4.69) is 31.1 Å². The van der Waals surface area contributed by atoms with Crippen LogP contribution in [-0.4, -0.2) is 101 Å². The summed E-state index contributed by atoms with van der Waals surface area (Å²) in [6.45, 7) is 2.68. The molecule has 3 atom stereocenters. The molecule has 3 fully saturated rings. The Morgan fingerprint density at radius 1 is 1.10 bits per heavy atom. The number of likely N-dealkylation sites (tertiary alicyclic amines) is 1. The van der Waals surface area contributed by atoms with E-state index in [0.717, 1.165) is 38.9 Å². The number of nitrogens with zero attached hydrogens (tertiary/aromatic N) is 6. The number of piperazine rings is 1. The minimum Gasteiger partial charge on any atom is -0.508 e. The molecule has 2 bridgehead atoms. The van der Waals surface area contributed by atoms with Crippen molar-refractivity contribution in [3.8, 4) is 35.2 Å². The molecule has 14 heteroatoms. The van der Waals surface area contributed by atoms with Crippen molar-refractivity contribution in [3.63, 3.8) is 0 Å². The first-order valence-corrected chi connectivity index (χ1v) is 17.4. The molecule has 5 aromatic rings. The lowest BCUT2D eigenvalue weighted by atomic mass is 9.91. The quantitative estimate of drug-likeness (QED) is 0.103. The van der Waals surface area contributed by atoms with Crippen molar-refractivity contribution in [1.29, 1.82) is 0 Å². The Balaban J connectivity index is 1.36. The molecule has 3 aromatic carbocycles. The number of fused-ring (bicyclic) bond motifs is 6. The molecule has 4 heterocycles. The highest BCUT2D eigenvalue weighted by Gasteiger charge is 2.71. The first-order chi connectivity index (χ1) is 25.0. The molecule has 2 aromatic heterocycles. The van der Waals surface area contributed by atoms with Crippen LogP contribution in [0.3, 0.4) is 0 Å². The number of phenols is 1. The minimum atomic E-state index is -2.94. The van der Waals surface area contributed by atoms with E-state index in [1.807, 2.05) is 0 Å². The molecule has 0 radical (unpaired) electrons. The Kier molecular flexibility index (Phi) is 8.43. The summed E-state index contributed by atoms with van der Waals surface area (Å²) in [4.78, 5) is 14.1. The molecule has 52 heavy (non-hydrogen) atoms. The third-order valence-electron chi connectivity index (χ3n) is 10.9. The van der Waals surface area contributed by atoms with Crippen LogP contribution in [0.1, 0.15) is 31.2 Å². The van der Waals surface area contributed by atoms with Gasteiger partial charge in [0.25, 0.3) is 5.92 Å². The van der Waals surface area contributed by atoms with Gasteiger partial charge in [-0.1, -0.05) is 12.0 Å². The lowest BCUT2D eigenvalue weighted by molar-refractivity contribution is 0.0411. The molecule has 272 valence electrons. The fraction of sp³-hybridized carbons (Fsp3) is 0.447. The van der Waals surface area contributed by atoms with Crippen LogP contribution >= 0.6 is 0 Å². The van der Waals surface area contributed by atoms with Gasteiger partial charge in [0.15, 0.2) is 5.82 Å². The number of aromatic hydroxyl groups is 1. The molecule has 2 saturated heterocycles. The summed E-state index contributed by atoms with van der Waals surface area (Å²) >= 11 is 0. The number of aryl methyl sites for hydroxylation is 1. The number of alkyl halides is 2. The van der Waals surface area contributed by atoms with Gasteiger partial charge in [-0.05, 0) is 55.5 Å². The van der Waals surface area contributed by atoms with Crippen molar-refractivity contribution in [3.05, 3.63) is 47.7 Å². The molecule has 1 aliphatic carbocycles. The molecule has 0 spiro atoms. The van der Waals surface area contributed by atoms with Gasteiger partial charge in [-0.15, -0.1) is 6.42 Å². The van der Waals surface area contributed by atoms with Gasteiger partial charge in [-0.25, -0.2) is 17.6 Å². The summed E-state index contributed by atoms with van der Waals surface area (Å²) in [6.07, 6.45) is 9.84. The van der Waals surface area contributed by atoms with E-state index in [9.17, 15) is 13.9 Å². The highest BCUT2D eigenvalue weighted by Crippen LogP contribution is 2.60. The Bertz CT molecular complexity index is 2260. The number of methoxy groups -OCH3 is 1. The van der Waals surface area contributed by atoms with E-state index in [1.54, 1.807) is 32.1 Å². The summed E-state index contributed by atoms with van der Waals surface area (Å²) in [5.41, 5.74) is -1.33. The zero-order chi connectivity index (χ0) is 36.5. The number of nitrogens with one attached hydrogen (secondary N) is 1. The molecule has 0 unspecified atom stereocenters. The van der Waals surface area contributed by atoms with Crippen molar-refractivity contribution < 1.29 is 32.1 Å². The van der Waals surface area contributed by atoms with E-state index in [1.165, 1.54) is 24.3 Å². The number of halogens is 4. The van der Waals surface area contributed by atoms with Gasteiger partial charge in [0.05, 0.1) is 16.4 Å². The topological polar surface area (TPSA) is 101 Å². The molecular weight excluding hydrogens is 678 g/mol. The SMILES string of the molecule is C#Cc1c(F)ccc2cc(O)cc(-c3c(F)c4nc(OC[C@]5(CNC)CC5(F)F)nc(N5[C@@H]6CC[C@H]5CN(CCCOC)C6)c4c4cn(C)nc34)c12. The van der Waals surface area contributed by atoms with Crippen LogP contribution in [0.4, 0.5) is 23.4 Å². The molecule has 8 rings (SSSR count). The van der Waals surface area contributed by atoms with Crippen LogP contribution in [0.5, 0.6) is 11.8 Å². The Morgan fingerprint density at radius 3 is 2.52 bits per heavy atom. The van der Waals surface area contributed by atoms with Crippen LogP contribution in [0.15, 0.2) is 30.5 Å². The average molecular weight is 718 g/mol. The maximum atomic E-state index is 17.6. The molecule has 1 saturated carbocycles. The number of benzene rings is 3. The first kappa shape index (κ1) is 34.4. The third kappa shape index (κ3) is 5.48. The fourth-order valence-electron chi connectivity index (χ4n) is 8.45. The zero-order valence-corrected chi connectivity index (χ0v) is 29.1. The van der Waals surface area contributed by atoms with Gasteiger partial charge < -0.3 is 24.8 Å². The van der Waals surface area contributed by atoms with Crippen LogP contribution in [0.2, 0.25) is 0 Å². The Labute approximate surface area is 297 Å². The summed E-state index contributed by atoms with van der Waals surface area (Å²) in [6, 6.07) is 5.29. The third-order valence-corrected chi connectivity index (χ3v) is 10.9. The van der Waals surface area contributed by atoms with Gasteiger partial charge in [0.1, 0.15) is 35.0 Å². The monoisotopic (exact) mass is 717 g/mol. The average Bonchev–Trinajstić information content (AvgIpc) is 3.29. The summed E-state index contributed by atoms with van der Waals surface area (Å²) in [5, 5.41) is 19.9. The standard InChI is InChI=1S/C38H39F4N7O3/c1-5-25-28(39)10-7-21-13-24(50)14-26(29(21)25)30-32(40)34-31(27-17-47(3)46-33(27)30)35(45-36(44-34)52-20-37(19-43-2)18-38(37,41)42)49-22-8-9-23(49)16-48(15-22)11-6-12-51-4/h1,7,10,13-14,17,22-23,43,50H,6,8-9,11-12,15-16,18-20H2,2-4H3/t22-,23+,37-/m1/s1. The largest absolute Gasteiger partial charge is 0.508 e. The highest BCUT2D eigenvalue weighted by molar-refractivity contribution is 6.18. The lowest BCUT2D eigenvalue weighted by Crippen LogP contribution is -2.54. The number of anilines is 1. The molecule has 10 nitrogen and oxygen atoms in total. The molecule has 2 aliphatic heterocycles. The predicted octanol–water partition coefficient (Wildman–Crippen LogP) is 5.61. The fourth-order valence-corrected chi connectivity index (χ4v) is 8.45. The smallest absolute Gasteiger partial charge is 0.319 e. The Morgan fingerprint density at radius 2 is 1.85 bits per heavy atom. The van der Waals surface area contributed by atoms with E-state index in [0.29, 0.717) is 28.6 Å². The normalized spacial score (nSPS) is 22.5. The number of aromatic nitrogens is 4. The highest BCUT2D eigenvalue weighted by atomic mass is 19.3. The number of ether oxygens (including phenoxy) is 2. The second kappa shape index (κ2) is 12.8. The Hall–Kier alpha value is -4.71. The predicted molar refractivity (Wildman–Crippen MR) is 190 cm³/mol. The lowest BCUT2D eigenvalue weighted by Gasteiger charge is -2.42. The van der Waals surface area contributed by atoms with Crippen LogP contribution in [0.25, 0.3) is 43.7 Å². The van der Waals surface area contributed by atoms with Crippen molar-refractivity contribution in [2.45, 2.75) is 43.7 Å². The van der Waals surface area contributed by atoms with Crippen LogP contribution in [-0.2, 0) is 11.8 Å². The van der Waals surface area contributed by atoms with Gasteiger partial charge in [-0.2, -0.15) is 15.1 Å². The van der Waals surface area contributed by atoms with E-state index < -0.39 is 23.0 Å². The minimum absolute atomic E-state index is 0.0169. The van der Waals surface area contributed by atoms with Gasteiger partial charge >= 0.3 is 6.01 Å². The second-order valence-electron chi connectivity index (χ2n) is 14.3. The molecule has 3 aliphatic rings. The van der Waals surface area contributed by atoms with Crippen LogP contribution < -0.4 is 15.0 Å². The number of hydrogen-bond donors (Lipinski definition) is 2. The maximum Gasteiger partial charge on any atom is 0.319 e. The summed E-state index contributed by atoms with van der Waals surface area (Å²) < 4.78 is 74.9. The molecular formula is C38H39F4N7O3. The number of rotatable bonds is 11. The number of terminal acetylenes is 1. The molecule has 2 N–H and O–H groups in total. The van der Waals surface area contributed by atoms with E-state index in [4.69, 9.17) is 20.9 Å². The maximum absolute atomic E-state index is 17.6. The van der Waals surface area contributed by atoms with Crippen molar-refractivity contribution in [2.24, 2.45) is 12.5 Å². The van der Waals surface area contributed by atoms with Gasteiger partial charge in [0.2, 0.25) is 0 Å². The van der Waals surface area contributed by atoms with Gasteiger partial charge in [-0.3, -0.25) is 9.58 Å². The van der Waals surface area contributed by atoms with Crippen molar-refractivity contribution >= 4 is 38.4 Å². The summed E-state index contributed by atoms with van der Waals surface area (Å²) in [5.74, 6) is -1.78. The molecule has 0 amide bonds. The first-order valence-electron chi connectivity index (χ1n) is 17.4. The van der Waals surface area contributed by atoms with E-state index in [-0.39, 0.29) is 76.5 Å². The number of phenolic OH excluding ortho intramolecular Hbond substituents is 1. The second-order valence-corrected chi connectivity index (χ2v) is 14.3. The van der Waals surface area contributed by atoms with Crippen molar-refractivity contribution in [2.75, 3.05) is 58.5 Å². The van der Waals surface area contributed by atoms with E-state index >= 15 is 8.78 Å². The zero-order valence-electron chi connectivity index (χ0n) is 29.1. The number of hydrogen-bond acceptors (Lipinski definition) is 9. The van der Waals surface area contributed by atoms with Crippen molar-refractivity contribution in [1.82, 2.24) is 30.0 Å². The van der Waals surface area contributed by atoms with Crippen LogP contribution in [0, 0.1) is 29.4 Å².